The highest BCUT2D eigenvalue weighted by atomic mass is 35.5. The van der Waals surface area contributed by atoms with Gasteiger partial charge in [-0.25, -0.2) is 4.98 Å². The molecule has 0 aliphatic rings. The molecule has 0 spiro atoms. The monoisotopic (exact) mass is 285 g/mol. The Labute approximate surface area is 112 Å². The average molecular weight is 286 g/mol. The molecule has 0 saturated heterocycles. The molecule has 16 heavy (non-hydrogen) atoms. The molecule has 2 N–H and O–H groups in total. The highest BCUT2D eigenvalue weighted by molar-refractivity contribution is 7.11. The predicted octanol–water partition coefficient (Wildman–Crippen LogP) is 1.63. The number of thiazole rings is 1. The summed E-state index contributed by atoms with van der Waals surface area (Å²) in [4.78, 5) is 16.3. The first-order valence-electron chi connectivity index (χ1n) is 4.50. The quantitative estimate of drug-likeness (QED) is 0.884. The summed E-state index contributed by atoms with van der Waals surface area (Å²) in [6.07, 6.45) is 0. The van der Waals surface area contributed by atoms with Crippen LogP contribution in [-0.4, -0.2) is 30.5 Å². The van der Waals surface area contributed by atoms with Gasteiger partial charge in [-0.3, -0.25) is 4.79 Å². The standard InChI is InChI=1S/C9H15N3OS.2ClH/c1-6(10-3)4-11-9(13)8-7(2)12-5-14-8;;/h5-6,10H,4H2,1-3H3,(H,11,13);2*1H. The van der Waals surface area contributed by atoms with Crippen LogP contribution in [0.2, 0.25) is 0 Å². The van der Waals surface area contributed by atoms with Crippen LogP contribution < -0.4 is 10.6 Å². The molecule has 1 amide bonds. The Hall–Kier alpha value is -0.360. The number of likely N-dealkylation sites (N-methyl/N-ethyl adjacent to an activating group) is 1. The van der Waals surface area contributed by atoms with E-state index in [-0.39, 0.29) is 36.8 Å². The third-order valence-corrected chi connectivity index (χ3v) is 2.94. The zero-order valence-corrected chi connectivity index (χ0v) is 11.9. The molecule has 0 saturated carbocycles. The maximum atomic E-state index is 11.6. The molecule has 0 fully saturated rings. The lowest BCUT2D eigenvalue weighted by Gasteiger charge is -2.10. The first-order chi connectivity index (χ1) is 6.65. The Balaban J connectivity index is 0. The average Bonchev–Trinajstić information content (AvgIpc) is 2.60. The molecule has 1 aromatic heterocycles. The van der Waals surface area contributed by atoms with Gasteiger partial charge in [0.25, 0.3) is 5.91 Å². The lowest BCUT2D eigenvalue weighted by Crippen LogP contribution is -2.37. The van der Waals surface area contributed by atoms with Gasteiger partial charge in [-0.15, -0.1) is 36.2 Å². The van der Waals surface area contributed by atoms with Gasteiger partial charge < -0.3 is 10.6 Å². The van der Waals surface area contributed by atoms with Crippen LogP contribution in [0, 0.1) is 6.92 Å². The van der Waals surface area contributed by atoms with Crippen molar-refractivity contribution in [2.75, 3.05) is 13.6 Å². The lowest BCUT2D eigenvalue weighted by atomic mass is 10.3. The molecule has 7 heteroatoms. The second kappa shape index (κ2) is 8.75. The molecule has 0 aromatic carbocycles. The van der Waals surface area contributed by atoms with Gasteiger partial charge >= 0.3 is 0 Å². The smallest absolute Gasteiger partial charge is 0.263 e. The van der Waals surface area contributed by atoms with Crippen molar-refractivity contribution in [2.45, 2.75) is 19.9 Å². The summed E-state index contributed by atoms with van der Waals surface area (Å²) >= 11 is 1.37. The number of aromatic nitrogens is 1. The van der Waals surface area contributed by atoms with E-state index in [1.807, 2.05) is 20.9 Å². The van der Waals surface area contributed by atoms with Gasteiger partial charge in [-0.05, 0) is 20.9 Å². The molecule has 94 valence electrons. The van der Waals surface area contributed by atoms with Gasteiger partial charge in [-0.2, -0.15) is 0 Å². The van der Waals surface area contributed by atoms with E-state index in [2.05, 4.69) is 15.6 Å². The molecule has 1 atom stereocenters. The van der Waals surface area contributed by atoms with E-state index < -0.39 is 0 Å². The number of carbonyl (C=O) groups excluding carboxylic acids is 1. The summed E-state index contributed by atoms with van der Waals surface area (Å²) in [5.41, 5.74) is 2.48. The molecule has 0 bridgehead atoms. The van der Waals surface area contributed by atoms with Crippen LogP contribution in [0.5, 0.6) is 0 Å². The summed E-state index contributed by atoms with van der Waals surface area (Å²) in [7, 11) is 1.87. The van der Waals surface area contributed by atoms with Crippen LogP contribution in [0.4, 0.5) is 0 Å². The third-order valence-electron chi connectivity index (χ3n) is 2.01. The van der Waals surface area contributed by atoms with Crippen LogP contribution in [0.25, 0.3) is 0 Å². The summed E-state index contributed by atoms with van der Waals surface area (Å²) in [6.45, 7) is 4.49. The normalized spacial score (nSPS) is 10.9. The van der Waals surface area contributed by atoms with Crippen LogP contribution in [0.15, 0.2) is 5.51 Å². The number of carbonyl (C=O) groups is 1. The first kappa shape index (κ1) is 18.0. The summed E-state index contributed by atoms with van der Waals surface area (Å²) in [5.74, 6) is -0.0351. The van der Waals surface area contributed by atoms with Crippen molar-refractivity contribution in [3.63, 3.8) is 0 Å². The second-order valence-corrected chi connectivity index (χ2v) is 4.02. The summed E-state index contributed by atoms with van der Waals surface area (Å²) in [5, 5.41) is 5.90. The second-order valence-electron chi connectivity index (χ2n) is 3.17. The van der Waals surface area contributed by atoms with Crippen molar-refractivity contribution >= 4 is 42.1 Å². The molecule has 4 nitrogen and oxygen atoms in total. The highest BCUT2D eigenvalue weighted by Gasteiger charge is 2.11. The van der Waals surface area contributed by atoms with Crippen molar-refractivity contribution in [2.24, 2.45) is 0 Å². The fraction of sp³-hybridized carbons (Fsp3) is 0.556. The van der Waals surface area contributed by atoms with Crippen molar-refractivity contribution in [1.82, 2.24) is 15.6 Å². The van der Waals surface area contributed by atoms with Crippen molar-refractivity contribution in [3.05, 3.63) is 16.1 Å². The maximum Gasteiger partial charge on any atom is 0.263 e. The van der Waals surface area contributed by atoms with E-state index in [1.54, 1.807) is 5.51 Å². The predicted molar refractivity (Wildman–Crippen MR) is 72.2 cm³/mol. The van der Waals surface area contributed by atoms with Crippen LogP contribution in [-0.2, 0) is 0 Å². The minimum atomic E-state index is -0.0351. The number of halogens is 2. The highest BCUT2D eigenvalue weighted by Crippen LogP contribution is 2.11. The SMILES string of the molecule is CNC(C)CNC(=O)c1scnc1C.Cl.Cl. The number of rotatable bonds is 4. The molecule has 0 aliphatic carbocycles. The Morgan fingerprint density at radius 1 is 1.56 bits per heavy atom. The van der Waals surface area contributed by atoms with Crippen LogP contribution in [0.1, 0.15) is 22.3 Å². The van der Waals surface area contributed by atoms with Gasteiger partial charge in [0, 0.05) is 12.6 Å². The topological polar surface area (TPSA) is 54.0 Å². The minimum absolute atomic E-state index is 0. The number of amides is 1. The largest absolute Gasteiger partial charge is 0.350 e. The van der Waals surface area contributed by atoms with Crippen LogP contribution in [0.3, 0.4) is 0 Å². The minimum Gasteiger partial charge on any atom is -0.350 e. The van der Waals surface area contributed by atoms with Gasteiger partial charge in [-0.1, -0.05) is 0 Å². The third kappa shape index (κ3) is 5.12. The molecule has 1 heterocycles. The first-order valence-corrected chi connectivity index (χ1v) is 5.38. The fourth-order valence-corrected chi connectivity index (χ4v) is 1.67. The molecular weight excluding hydrogens is 269 g/mol. The number of nitrogens with one attached hydrogen (secondary N) is 2. The molecule has 0 radical (unpaired) electrons. The van der Waals surface area contributed by atoms with Gasteiger partial charge in [0.15, 0.2) is 0 Å². The Bertz CT molecular complexity index is 319. The number of hydrogen-bond donors (Lipinski definition) is 2. The van der Waals surface area contributed by atoms with E-state index >= 15 is 0 Å². The molecule has 1 rings (SSSR count). The maximum absolute atomic E-state index is 11.6. The molecule has 1 aromatic rings. The number of aryl methyl sites for hydroxylation is 1. The van der Waals surface area contributed by atoms with Gasteiger partial charge in [0.1, 0.15) is 4.88 Å². The fourth-order valence-electron chi connectivity index (χ4n) is 0.948. The van der Waals surface area contributed by atoms with Crippen molar-refractivity contribution in [3.8, 4) is 0 Å². The van der Waals surface area contributed by atoms with Gasteiger partial charge in [0.05, 0.1) is 11.2 Å². The number of nitrogens with zero attached hydrogens (tertiary/aromatic N) is 1. The summed E-state index contributed by atoms with van der Waals surface area (Å²) in [6, 6.07) is 0.284. The zero-order valence-electron chi connectivity index (χ0n) is 9.44. The Morgan fingerprint density at radius 2 is 2.19 bits per heavy atom. The zero-order chi connectivity index (χ0) is 10.6. The van der Waals surface area contributed by atoms with Crippen molar-refractivity contribution in [1.29, 1.82) is 0 Å². The molecular formula is C9H17Cl2N3OS. The van der Waals surface area contributed by atoms with E-state index in [0.717, 1.165) is 5.69 Å². The molecule has 1 unspecified atom stereocenters. The van der Waals surface area contributed by atoms with Crippen molar-refractivity contribution < 1.29 is 4.79 Å². The van der Waals surface area contributed by atoms with Crippen LogP contribution >= 0.6 is 36.2 Å². The van der Waals surface area contributed by atoms with E-state index in [9.17, 15) is 4.79 Å². The number of hydrogen-bond acceptors (Lipinski definition) is 4. The van der Waals surface area contributed by atoms with E-state index in [0.29, 0.717) is 11.4 Å². The molecule has 0 aliphatic heterocycles. The Morgan fingerprint density at radius 3 is 2.62 bits per heavy atom. The Kier molecular flexibility index (Phi) is 9.86. The lowest BCUT2D eigenvalue weighted by molar-refractivity contribution is 0.0954. The van der Waals surface area contributed by atoms with E-state index in [4.69, 9.17) is 0 Å². The summed E-state index contributed by atoms with van der Waals surface area (Å²) < 4.78 is 0. The van der Waals surface area contributed by atoms with E-state index in [1.165, 1.54) is 11.3 Å². The van der Waals surface area contributed by atoms with Gasteiger partial charge in [0.2, 0.25) is 0 Å².